The standard InChI is InChI=1S/C24H26N4O3S/c1-5-10-28-14-25-19-12-17(7-9-20(19)28)13-31-24(29)27-22-16(3)26-23(32-22)18-8-6-15(2)11-21(18)30-4/h6-9,11-12,14H,5,10,13H2,1-4H3,(H,27,29). The van der Waals surface area contributed by atoms with Gasteiger partial charge in [-0.05, 0) is 55.7 Å². The van der Waals surface area contributed by atoms with Crippen molar-refractivity contribution in [1.82, 2.24) is 14.5 Å². The van der Waals surface area contributed by atoms with Crippen molar-refractivity contribution in [2.45, 2.75) is 40.3 Å². The van der Waals surface area contributed by atoms with Crippen molar-refractivity contribution in [3.8, 4) is 16.3 Å². The minimum Gasteiger partial charge on any atom is -0.496 e. The normalized spacial score (nSPS) is 11.0. The molecular formula is C24H26N4O3S. The van der Waals surface area contributed by atoms with Crippen LogP contribution >= 0.6 is 11.3 Å². The first-order valence-corrected chi connectivity index (χ1v) is 11.3. The van der Waals surface area contributed by atoms with Gasteiger partial charge in [0.05, 0.1) is 35.7 Å². The fraction of sp³-hybridized carbons (Fsp3) is 0.292. The van der Waals surface area contributed by atoms with Gasteiger partial charge in [-0.15, -0.1) is 0 Å². The lowest BCUT2D eigenvalue weighted by Gasteiger charge is -2.07. The molecule has 0 radical (unpaired) electrons. The quantitative estimate of drug-likeness (QED) is 0.377. The second-order valence-electron chi connectivity index (χ2n) is 7.60. The number of aryl methyl sites for hydroxylation is 3. The minimum absolute atomic E-state index is 0.166. The summed E-state index contributed by atoms with van der Waals surface area (Å²) in [6.45, 7) is 7.10. The highest BCUT2D eigenvalue weighted by molar-refractivity contribution is 7.19. The number of amides is 1. The summed E-state index contributed by atoms with van der Waals surface area (Å²) in [4.78, 5) is 21.5. The molecule has 0 saturated carbocycles. The molecule has 2 aromatic carbocycles. The summed E-state index contributed by atoms with van der Waals surface area (Å²) in [7, 11) is 1.64. The molecule has 2 heterocycles. The molecule has 0 unspecified atom stereocenters. The maximum absolute atomic E-state index is 12.4. The van der Waals surface area contributed by atoms with E-state index < -0.39 is 6.09 Å². The predicted octanol–water partition coefficient (Wildman–Crippen LogP) is 5.94. The zero-order valence-corrected chi connectivity index (χ0v) is 19.5. The molecule has 0 aliphatic carbocycles. The number of anilines is 1. The van der Waals surface area contributed by atoms with Gasteiger partial charge in [-0.1, -0.05) is 30.4 Å². The summed E-state index contributed by atoms with van der Waals surface area (Å²) in [6.07, 6.45) is 2.38. The molecule has 0 aliphatic heterocycles. The van der Waals surface area contributed by atoms with Gasteiger partial charge in [-0.3, -0.25) is 5.32 Å². The lowest BCUT2D eigenvalue weighted by molar-refractivity contribution is 0.155. The minimum atomic E-state index is -0.518. The fourth-order valence-corrected chi connectivity index (χ4v) is 4.48. The molecule has 0 atom stereocenters. The maximum Gasteiger partial charge on any atom is 0.412 e. The molecule has 0 spiro atoms. The van der Waals surface area contributed by atoms with E-state index in [0.717, 1.165) is 57.1 Å². The Labute approximate surface area is 191 Å². The molecule has 0 saturated heterocycles. The van der Waals surface area contributed by atoms with E-state index >= 15 is 0 Å². The Bertz CT molecular complexity index is 1260. The number of hydrogen-bond donors (Lipinski definition) is 1. The van der Waals surface area contributed by atoms with E-state index in [-0.39, 0.29) is 6.61 Å². The Morgan fingerprint density at radius 1 is 1.19 bits per heavy atom. The van der Waals surface area contributed by atoms with Crippen LogP contribution in [0.4, 0.5) is 9.80 Å². The molecule has 4 aromatic rings. The fourth-order valence-electron chi connectivity index (χ4n) is 3.50. The molecule has 4 rings (SSSR count). The van der Waals surface area contributed by atoms with Gasteiger partial charge in [0.15, 0.2) is 0 Å². The third-order valence-corrected chi connectivity index (χ3v) is 6.23. The Balaban J connectivity index is 1.42. The number of thiazole rings is 1. The Morgan fingerprint density at radius 2 is 2.03 bits per heavy atom. The molecule has 8 heteroatoms. The Morgan fingerprint density at radius 3 is 2.81 bits per heavy atom. The highest BCUT2D eigenvalue weighted by Gasteiger charge is 2.16. The number of methoxy groups -OCH3 is 1. The van der Waals surface area contributed by atoms with Gasteiger partial charge in [0, 0.05) is 6.54 Å². The van der Waals surface area contributed by atoms with E-state index in [0.29, 0.717) is 5.00 Å². The van der Waals surface area contributed by atoms with Crippen LogP contribution in [0.25, 0.3) is 21.6 Å². The topological polar surface area (TPSA) is 78.3 Å². The van der Waals surface area contributed by atoms with Crippen molar-refractivity contribution in [2.24, 2.45) is 0 Å². The average molecular weight is 451 g/mol. The van der Waals surface area contributed by atoms with Gasteiger partial charge in [-0.2, -0.15) is 0 Å². The highest BCUT2D eigenvalue weighted by atomic mass is 32.1. The van der Waals surface area contributed by atoms with E-state index in [4.69, 9.17) is 9.47 Å². The van der Waals surface area contributed by atoms with Crippen LogP contribution in [0.1, 0.15) is 30.2 Å². The van der Waals surface area contributed by atoms with Crippen molar-refractivity contribution >= 4 is 33.5 Å². The number of carbonyl (C=O) groups is 1. The molecule has 0 bridgehead atoms. The molecule has 1 amide bonds. The second-order valence-corrected chi connectivity index (χ2v) is 8.60. The van der Waals surface area contributed by atoms with Gasteiger partial charge >= 0.3 is 6.09 Å². The lowest BCUT2D eigenvalue weighted by atomic mass is 10.1. The molecule has 0 aliphatic rings. The molecular weight excluding hydrogens is 424 g/mol. The predicted molar refractivity (Wildman–Crippen MR) is 127 cm³/mol. The van der Waals surface area contributed by atoms with Crippen LogP contribution in [0.5, 0.6) is 5.75 Å². The Hall–Kier alpha value is -3.39. The average Bonchev–Trinajstić information content (AvgIpc) is 3.35. The number of ether oxygens (including phenoxy) is 2. The zero-order valence-electron chi connectivity index (χ0n) is 18.6. The Kier molecular flexibility index (Phi) is 6.41. The number of imidazole rings is 1. The number of nitrogens with zero attached hydrogens (tertiary/aromatic N) is 3. The van der Waals surface area contributed by atoms with Gasteiger partial charge in [0.1, 0.15) is 22.4 Å². The highest BCUT2D eigenvalue weighted by Crippen LogP contribution is 2.37. The summed E-state index contributed by atoms with van der Waals surface area (Å²) < 4.78 is 13.1. The summed E-state index contributed by atoms with van der Waals surface area (Å²) in [5.74, 6) is 0.754. The first-order valence-electron chi connectivity index (χ1n) is 10.5. The first kappa shape index (κ1) is 21.8. The number of fused-ring (bicyclic) bond motifs is 1. The first-order chi connectivity index (χ1) is 15.5. The van der Waals surface area contributed by atoms with Crippen LogP contribution in [0, 0.1) is 13.8 Å². The molecule has 7 nitrogen and oxygen atoms in total. The van der Waals surface area contributed by atoms with Crippen molar-refractivity contribution in [3.63, 3.8) is 0 Å². The van der Waals surface area contributed by atoms with E-state index in [9.17, 15) is 4.79 Å². The number of rotatable bonds is 7. The molecule has 0 fully saturated rings. The van der Waals surface area contributed by atoms with Crippen molar-refractivity contribution in [2.75, 3.05) is 12.4 Å². The largest absolute Gasteiger partial charge is 0.496 e. The summed E-state index contributed by atoms with van der Waals surface area (Å²) in [6, 6.07) is 11.9. The number of benzene rings is 2. The third kappa shape index (κ3) is 4.60. The smallest absolute Gasteiger partial charge is 0.412 e. The molecule has 166 valence electrons. The van der Waals surface area contributed by atoms with Gasteiger partial charge in [0.2, 0.25) is 0 Å². The van der Waals surface area contributed by atoms with E-state index in [1.807, 2.05) is 56.6 Å². The molecule has 2 aromatic heterocycles. The van der Waals surface area contributed by atoms with Crippen molar-refractivity contribution in [3.05, 3.63) is 59.5 Å². The van der Waals surface area contributed by atoms with Crippen LogP contribution in [0.15, 0.2) is 42.7 Å². The van der Waals surface area contributed by atoms with Crippen LogP contribution in [0.3, 0.4) is 0 Å². The van der Waals surface area contributed by atoms with Gasteiger partial charge in [-0.25, -0.2) is 14.8 Å². The number of hydrogen-bond acceptors (Lipinski definition) is 6. The number of aromatic nitrogens is 3. The second kappa shape index (κ2) is 9.40. The third-order valence-electron chi connectivity index (χ3n) is 5.12. The summed E-state index contributed by atoms with van der Waals surface area (Å²) in [5.41, 5.74) is 5.60. The number of nitrogens with one attached hydrogen (secondary N) is 1. The van der Waals surface area contributed by atoms with Crippen molar-refractivity contribution < 1.29 is 14.3 Å². The van der Waals surface area contributed by atoms with Crippen LogP contribution in [0.2, 0.25) is 0 Å². The molecule has 32 heavy (non-hydrogen) atoms. The maximum atomic E-state index is 12.4. The molecule has 1 N–H and O–H groups in total. The SMILES string of the molecule is CCCn1cnc2cc(COC(=O)Nc3sc(-c4ccc(C)cc4OC)nc3C)ccc21. The van der Waals surface area contributed by atoms with Crippen molar-refractivity contribution in [1.29, 1.82) is 0 Å². The summed E-state index contributed by atoms with van der Waals surface area (Å²) in [5, 5.41) is 4.25. The van der Waals surface area contributed by atoms with E-state index in [1.165, 1.54) is 11.3 Å². The van der Waals surface area contributed by atoms with Crippen LogP contribution < -0.4 is 10.1 Å². The number of carbonyl (C=O) groups excluding carboxylic acids is 1. The van der Waals surface area contributed by atoms with Crippen LogP contribution in [-0.2, 0) is 17.9 Å². The lowest BCUT2D eigenvalue weighted by Crippen LogP contribution is -2.13. The zero-order chi connectivity index (χ0) is 22.7. The summed E-state index contributed by atoms with van der Waals surface area (Å²) >= 11 is 1.39. The van der Waals surface area contributed by atoms with Gasteiger partial charge in [0.25, 0.3) is 0 Å². The van der Waals surface area contributed by atoms with E-state index in [2.05, 4.69) is 26.8 Å². The van der Waals surface area contributed by atoms with Gasteiger partial charge < -0.3 is 14.0 Å². The monoisotopic (exact) mass is 450 g/mol. The van der Waals surface area contributed by atoms with Crippen LogP contribution in [-0.4, -0.2) is 27.7 Å². The van der Waals surface area contributed by atoms with E-state index in [1.54, 1.807) is 7.11 Å².